The fourth-order valence-corrected chi connectivity index (χ4v) is 5.37. The lowest BCUT2D eigenvalue weighted by Crippen LogP contribution is -2.38. The molecule has 7 nitrogen and oxygen atoms in total. The van der Waals surface area contributed by atoms with Gasteiger partial charge in [0, 0.05) is 44.2 Å². The maximum atomic E-state index is 13.2. The molecule has 2 atom stereocenters. The van der Waals surface area contributed by atoms with E-state index in [1.807, 2.05) is 17.9 Å². The van der Waals surface area contributed by atoms with E-state index in [9.17, 15) is 9.59 Å². The van der Waals surface area contributed by atoms with E-state index in [2.05, 4.69) is 22.2 Å². The number of nitrogens with one attached hydrogen (secondary N) is 1. The average Bonchev–Trinajstić information content (AvgIpc) is 3.41. The lowest BCUT2D eigenvalue weighted by molar-refractivity contribution is -0.131. The molecule has 7 heteroatoms. The molecule has 4 heterocycles. The Kier molecular flexibility index (Phi) is 5.23. The van der Waals surface area contributed by atoms with Crippen LogP contribution >= 0.6 is 0 Å². The van der Waals surface area contributed by atoms with Gasteiger partial charge in [-0.25, -0.2) is 9.50 Å². The summed E-state index contributed by atoms with van der Waals surface area (Å²) < 4.78 is 1.59. The highest BCUT2D eigenvalue weighted by Gasteiger charge is 2.31. The SMILES string of the molecule is CCC(=O)N1CCC[C@@H]1c1cc2nc3c(c(=O)n2[nH]1)CCN(C[C@H]1CC=CCC1)C3. The quantitative estimate of drug-likeness (QED) is 0.788. The molecule has 1 aliphatic carbocycles. The Bertz CT molecular complexity index is 1040. The van der Waals surface area contributed by atoms with E-state index in [1.165, 1.54) is 12.8 Å². The second kappa shape index (κ2) is 8.02. The molecule has 0 saturated carbocycles. The number of fused-ring (bicyclic) bond motifs is 2. The first-order chi connectivity index (χ1) is 14.6. The third kappa shape index (κ3) is 3.49. The molecule has 0 unspecified atom stereocenters. The van der Waals surface area contributed by atoms with E-state index < -0.39 is 0 Å². The summed E-state index contributed by atoms with van der Waals surface area (Å²) in [6, 6.07) is 1.99. The summed E-state index contributed by atoms with van der Waals surface area (Å²) in [7, 11) is 0. The van der Waals surface area contributed by atoms with Crippen LogP contribution in [0.1, 0.15) is 68.4 Å². The number of carbonyl (C=O) groups is 1. The van der Waals surface area contributed by atoms with Crippen LogP contribution in [0.25, 0.3) is 5.65 Å². The standard InChI is InChI=1S/C23H31N5O2/c1-2-22(29)27-11-6-9-20(27)18-13-21-24-19-15-26(14-16-7-4-3-5-8-16)12-10-17(19)23(30)28(21)25-18/h3-4,13,16,20,25H,2,5-12,14-15H2,1H3/t16-,20+/m0/s1. The van der Waals surface area contributed by atoms with E-state index in [-0.39, 0.29) is 17.5 Å². The fourth-order valence-electron chi connectivity index (χ4n) is 5.37. The third-order valence-electron chi connectivity index (χ3n) is 6.99. The number of hydrogen-bond acceptors (Lipinski definition) is 4. The van der Waals surface area contributed by atoms with E-state index in [0.29, 0.717) is 18.0 Å². The van der Waals surface area contributed by atoms with Gasteiger partial charge in [0.2, 0.25) is 5.91 Å². The van der Waals surface area contributed by atoms with Crippen molar-refractivity contribution in [3.63, 3.8) is 0 Å². The van der Waals surface area contributed by atoms with E-state index in [0.717, 1.165) is 68.8 Å². The second-order valence-electron chi connectivity index (χ2n) is 8.98. The van der Waals surface area contributed by atoms with Crippen molar-refractivity contribution < 1.29 is 4.79 Å². The Labute approximate surface area is 176 Å². The molecule has 5 rings (SSSR count). The molecule has 160 valence electrons. The molecule has 1 saturated heterocycles. The zero-order chi connectivity index (χ0) is 20.7. The Morgan fingerprint density at radius 2 is 2.17 bits per heavy atom. The Hall–Kier alpha value is -2.41. The summed E-state index contributed by atoms with van der Waals surface area (Å²) in [5, 5.41) is 3.27. The minimum absolute atomic E-state index is 0.0198. The molecule has 2 aromatic rings. The van der Waals surface area contributed by atoms with Gasteiger partial charge in [-0.1, -0.05) is 19.1 Å². The molecule has 0 bridgehead atoms. The number of amides is 1. The van der Waals surface area contributed by atoms with Crippen LogP contribution in [0.3, 0.4) is 0 Å². The zero-order valence-corrected chi connectivity index (χ0v) is 17.8. The summed E-state index contributed by atoms with van der Waals surface area (Å²) in [6.45, 7) is 5.45. The highest BCUT2D eigenvalue weighted by Crippen LogP contribution is 2.32. The summed E-state index contributed by atoms with van der Waals surface area (Å²) in [5.74, 6) is 0.883. The topological polar surface area (TPSA) is 73.7 Å². The molecule has 2 aliphatic heterocycles. The maximum absolute atomic E-state index is 13.2. The van der Waals surface area contributed by atoms with Crippen molar-refractivity contribution in [2.45, 2.75) is 64.5 Å². The van der Waals surface area contributed by atoms with Gasteiger partial charge in [-0.2, -0.15) is 0 Å². The second-order valence-corrected chi connectivity index (χ2v) is 8.98. The van der Waals surface area contributed by atoms with Gasteiger partial charge in [-0.3, -0.25) is 19.6 Å². The molecule has 2 aromatic heterocycles. The number of allylic oxidation sites excluding steroid dienone is 2. The van der Waals surface area contributed by atoms with E-state index >= 15 is 0 Å². The van der Waals surface area contributed by atoms with Crippen LogP contribution in [-0.4, -0.2) is 49.9 Å². The summed E-state index contributed by atoms with van der Waals surface area (Å²) in [5.41, 5.74) is 3.39. The molecule has 1 amide bonds. The van der Waals surface area contributed by atoms with Crippen LogP contribution in [0.4, 0.5) is 0 Å². The number of aromatic nitrogens is 3. The monoisotopic (exact) mass is 409 g/mol. The van der Waals surface area contributed by atoms with Gasteiger partial charge in [-0.15, -0.1) is 0 Å². The maximum Gasteiger partial charge on any atom is 0.276 e. The Morgan fingerprint density at radius 1 is 1.27 bits per heavy atom. The van der Waals surface area contributed by atoms with Crippen molar-refractivity contribution in [3.8, 4) is 0 Å². The van der Waals surface area contributed by atoms with E-state index in [1.54, 1.807) is 4.52 Å². The molecule has 0 radical (unpaired) electrons. The molecular weight excluding hydrogens is 378 g/mol. The highest BCUT2D eigenvalue weighted by atomic mass is 16.2. The van der Waals surface area contributed by atoms with E-state index in [4.69, 9.17) is 4.98 Å². The molecule has 0 spiro atoms. The molecule has 3 aliphatic rings. The fraction of sp³-hybridized carbons (Fsp3) is 0.609. The summed E-state index contributed by atoms with van der Waals surface area (Å²) in [6.07, 6.45) is 11.4. The zero-order valence-electron chi connectivity index (χ0n) is 17.8. The first-order valence-corrected chi connectivity index (χ1v) is 11.4. The van der Waals surface area contributed by atoms with Gasteiger partial charge in [0.05, 0.1) is 17.4 Å². The van der Waals surface area contributed by atoms with Gasteiger partial charge < -0.3 is 4.90 Å². The first kappa shape index (κ1) is 19.5. The minimum Gasteiger partial charge on any atom is -0.334 e. The number of likely N-dealkylation sites (tertiary alicyclic amines) is 1. The lowest BCUT2D eigenvalue weighted by atomic mass is 9.93. The predicted octanol–water partition coefficient (Wildman–Crippen LogP) is 2.81. The normalized spacial score (nSPS) is 24.5. The minimum atomic E-state index is 0.0198. The highest BCUT2D eigenvalue weighted by molar-refractivity contribution is 5.76. The van der Waals surface area contributed by atoms with Crippen LogP contribution in [0.15, 0.2) is 23.0 Å². The Morgan fingerprint density at radius 3 is 2.97 bits per heavy atom. The van der Waals surface area contributed by atoms with Gasteiger partial charge in [0.15, 0.2) is 5.65 Å². The molecular formula is C23H31N5O2. The van der Waals surface area contributed by atoms with Crippen LogP contribution in [0.2, 0.25) is 0 Å². The number of aromatic amines is 1. The van der Waals surface area contributed by atoms with Gasteiger partial charge >= 0.3 is 0 Å². The third-order valence-corrected chi connectivity index (χ3v) is 6.99. The number of hydrogen-bond donors (Lipinski definition) is 1. The van der Waals surface area contributed by atoms with Crippen molar-refractivity contribution in [2.24, 2.45) is 5.92 Å². The summed E-state index contributed by atoms with van der Waals surface area (Å²) >= 11 is 0. The number of H-pyrrole nitrogens is 1. The van der Waals surface area contributed by atoms with Crippen LogP contribution < -0.4 is 5.56 Å². The van der Waals surface area contributed by atoms with Gasteiger partial charge in [-0.05, 0) is 44.4 Å². The number of rotatable bonds is 4. The van der Waals surface area contributed by atoms with Crippen molar-refractivity contribution in [3.05, 3.63) is 45.5 Å². The van der Waals surface area contributed by atoms with Crippen LogP contribution in [-0.2, 0) is 17.8 Å². The molecule has 0 aromatic carbocycles. The summed E-state index contributed by atoms with van der Waals surface area (Å²) in [4.78, 5) is 34.7. The average molecular weight is 410 g/mol. The lowest BCUT2D eigenvalue weighted by Gasteiger charge is -2.31. The van der Waals surface area contributed by atoms with Gasteiger partial charge in [0.1, 0.15) is 0 Å². The van der Waals surface area contributed by atoms with Crippen molar-refractivity contribution in [2.75, 3.05) is 19.6 Å². The van der Waals surface area contributed by atoms with Crippen LogP contribution in [0, 0.1) is 5.92 Å². The van der Waals surface area contributed by atoms with Gasteiger partial charge in [0.25, 0.3) is 5.56 Å². The molecule has 1 N–H and O–H groups in total. The number of carbonyl (C=O) groups excluding carboxylic acids is 1. The smallest absolute Gasteiger partial charge is 0.276 e. The van der Waals surface area contributed by atoms with Crippen molar-refractivity contribution in [1.82, 2.24) is 24.4 Å². The van der Waals surface area contributed by atoms with Crippen LogP contribution in [0.5, 0.6) is 0 Å². The first-order valence-electron chi connectivity index (χ1n) is 11.4. The van der Waals surface area contributed by atoms with Crippen molar-refractivity contribution in [1.29, 1.82) is 0 Å². The predicted molar refractivity (Wildman–Crippen MR) is 115 cm³/mol. The molecule has 30 heavy (non-hydrogen) atoms. The Balaban J connectivity index is 1.41. The number of nitrogens with zero attached hydrogens (tertiary/aromatic N) is 4. The largest absolute Gasteiger partial charge is 0.334 e. The molecule has 1 fully saturated rings. The van der Waals surface area contributed by atoms with Crippen molar-refractivity contribution >= 4 is 11.6 Å².